The Bertz CT molecular complexity index is 6890. The van der Waals surface area contributed by atoms with E-state index in [9.17, 15) is 66.7 Å². The van der Waals surface area contributed by atoms with E-state index in [-0.39, 0.29) is 96.9 Å². The van der Waals surface area contributed by atoms with E-state index >= 15 is 35.1 Å². The summed E-state index contributed by atoms with van der Waals surface area (Å²) in [4.78, 5) is 19.0. The lowest BCUT2D eigenvalue weighted by Crippen LogP contribution is -2.28. The smallest absolute Gasteiger partial charge is 0.207 e. The minimum atomic E-state index is -2.10. The van der Waals surface area contributed by atoms with Crippen molar-refractivity contribution in [2.75, 3.05) is 0 Å². The summed E-state index contributed by atoms with van der Waals surface area (Å²) in [5.41, 5.74) is -4.96. The summed E-state index contributed by atoms with van der Waals surface area (Å²) in [6, 6.07) is 35.9. The van der Waals surface area contributed by atoms with Crippen molar-refractivity contribution in [3.05, 3.63) is 449 Å². The molecule has 15 rings (SSSR count). The summed E-state index contributed by atoms with van der Waals surface area (Å²) in [7, 11) is 0. The minimum Gasteiger partial charge on any atom is -0.207 e. The second-order valence-corrected chi connectivity index (χ2v) is 26.2. The van der Waals surface area contributed by atoms with Crippen molar-refractivity contribution in [1.29, 1.82) is 31.6 Å². The van der Waals surface area contributed by atoms with E-state index in [2.05, 4.69) is 29.1 Å². The van der Waals surface area contributed by atoms with Crippen LogP contribution >= 0.6 is 0 Å². The van der Waals surface area contributed by atoms with Crippen molar-refractivity contribution in [2.45, 2.75) is 38.5 Å². The molecule has 0 N–H and O–H groups in total. The first kappa shape index (κ1) is 79.5. The molecular weight excluding hydrogens is 1550 g/mol. The fraction of sp³-hybridized carbons (Fsp3) is 0.0667. The molecule has 564 valence electrons. The highest BCUT2D eigenvalue weighted by Gasteiger charge is 2.42. The topological polar surface area (TPSA) is 169 Å². The summed E-state index contributed by atoms with van der Waals surface area (Å²) < 4.78 is 239. The Morgan fingerprint density at radius 1 is 0.263 bits per heavy atom. The molecule has 0 fully saturated rings. The van der Waals surface area contributed by atoms with Crippen molar-refractivity contribution in [3.63, 3.8) is 0 Å². The molecule has 6 aliphatic rings. The lowest BCUT2D eigenvalue weighted by molar-refractivity contribution is 0.450. The first-order chi connectivity index (χ1) is 56.7. The van der Waals surface area contributed by atoms with Crippen molar-refractivity contribution >= 4 is 33.4 Å². The second-order valence-electron chi connectivity index (χ2n) is 26.2. The van der Waals surface area contributed by atoms with Crippen LogP contribution in [-0.2, 0) is 38.5 Å². The summed E-state index contributed by atoms with van der Waals surface area (Å²) in [6.07, 6.45) is -2.11. The van der Waals surface area contributed by atoms with E-state index in [0.717, 1.165) is 33.7 Å². The summed E-state index contributed by atoms with van der Waals surface area (Å²) in [6.45, 7) is 44.3. The van der Waals surface area contributed by atoms with Crippen LogP contribution in [0, 0.1) is 200 Å². The lowest BCUT2D eigenvalue weighted by Gasteiger charge is -2.11. The van der Waals surface area contributed by atoms with Gasteiger partial charge in [-0.15, -0.1) is 0 Å². The molecule has 0 heterocycles. The van der Waals surface area contributed by atoms with Crippen LogP contribution in [0.3, 0.4) is 0 Å². The van der Waals surface area contributed by atoms with Gasteiger partial charge in [0.1, 0.15) is 139 Å². The van der Waals surface area contributed by atoms with Gasteiger partial charge in [0.05, 0.1) is 27.8 Å². The maximum absolute atomic E-state index is 16.5. The van der Waals surface area contributed by atoms with Crippen LogP contribution in [0.5, 0.6) is 0 Å². The van der Waals surface area contributed by atoms with E-state index in [0.29, 0.717) is 46.3 Å². The van der Waals surface area contributed by atoms with Gasteiger partial charge in [0.25, 0.3) is 0 Å². The third-order valence-electron chi connectivity index (χ3n) is 20.2. The van der Waals surface area contributed by atoms with Gasteiger partial charge in [-0.1, -0.05) is 48.5 Å². The number of benzene rings is 9. The normalized spacial score (nSPS) is 13.3. The second kappa shape index (κ2) is 31.5. The van der Waals surface area contributed by atoms with Gasteiger partial charge in [0, 0.05) is 92.9 Å². The van der Waals surface area contributed by atoms with Crippen LogP contribution < -0.4 is 31.3 Å². The van der Waals surface area contributed by atoms with E-state index in [4.69, 9.17) is 39.4 Å². The molecule has 0 aliphatic heterocycles. The molecule has 0 amide bonds. The Hall–Kier alpha value is -16.6. The van der Waals surface area contributed by atoms with Gasteiger partial charge in [0.15, 0.2) is 46.5 Å². The molecule has 28 heteroatoms. The third-order valence-corrected chi connectivity index (χ3v) is 20.2. The Labute approximate surface area is 655 Å². The fourth-order valence-electron chi connectivity index (χ4n) is 15.5. The minimum absolute atomic E-state index is 0.0251. The van der Waals surface area contributed by atoms with Crippen molar-refractivity contribution in [1.82, 2.24) is 0 Å². The number of halogens is 16. The average Bonchev–Trinajstić information content (AvgIpc) is 1.54. The molecule has 0 saturated heterocycles. The lowest BCUT2D eigenvalue weighted by atomic mass is 9.94. The zero-order chi connectivity index (χ0) is 84.9. The number of hydrogen-bond acceptors (Lipinski definition) is 6. The molecule has 0 spiro atoms. The molecular formula is C90H32F16N12. The highest BCUT2D eigenvalue weighted by molar-refractivity contribution is 5.93. The number of rotatable bonds is 6. The molecule has 118 heavy (non-hydrogen) atoms. The fourth-order valence-corrected chi connectivity index (χ4v) is 15.5. The SMILES string of the molecule is [C-]#[N+]C([N+]#[C-])=C1Cc2c(F)c3c(c(F)c2=C1c1c(F)c(F)cc(F)c1F)CC(=C(C#N)C#N)C=3c1c(F)c(F)cc(F)c1F.[C-]#[N+]C([N+]#[C-])=C1Cc2c(F)c3c(c(F)c2=C1c1cccc(F)c1)CC(=C(C#N)C#N)C=3c1cccc(F)c1.[C-]#[N+]C([N+]#[C-])=C1Cc2cc3c(cc2=C1c1cccc(F)c1)CC(=C(C#N)C#N)C=3c1cccc(F)c1. The average molecular weight is 1590 g/mol. The van der Waals surface area contributed by atoms with Crippen LogP contribution in [0.4, 0.5) is 70.2 Å². The molecule has 0 radical (unpaired) electrons. The monoisotopic (exact) mass is 1580 g/mol. The van der Waals surface area contributed by atoms with E-state index in [1.165, 1.54) is 72.8 Å². The number of nitriles is 6. The van der Waals surface area contributed by atoms with Crippen LogP contribution in [0.1, 0.15) is 66.8 Å². The van der Waals surface area contributed by atoms with Crippen LogP contribution in [0.2, 0.25) is 0 Å². The Kier molecular flexibility index (Phi) is 21.2. The quantitative estimate of drug-likeness (QED) is 0.0694. The summed E-state index contributed by atoms with van der Waals surface area (Å²) in [5.74, 6) is -25.0. The van der Waals surface area contributed by atoms with Gasteiger partial charge < -0.3 is 0 Å². The predicted molar refractivity (Wildman–Crippen MR) is 388 cm³/mol. The standard InChI is InChI=1S/C30H6F10N4.C30H12F4N4.C30H14F2N4/c1-43-30(44-2)13-4-12-21(19(13)23-28(39)16(33)6-17(34)29(23)40)24(35)11-3-10(9(7-41)8-42)18(20(11)25(12)36)22-26(37)14(31)5-15(32)27(22)38;1-37-30(38-2)23-12-22-27(25(23)16-6-4-8-19(32)10-16)28(33)21-11-20(17(13-35)14-36)24(26(21)29(22)34)15-5-3-7-18(31)9-15;1-35-30(36-2)27-14-20-12-24-19(11-25(20)29(27)18-6-4-8-23(32)10-18)13-26(21(15-33)16-34)28(24)17-5-3-7-22(31)9-17/h5-6H,3-4H2;3-10H,11-12H2;3-12H,13-14H2. The van der Waals surface area contributed by atoms with Crippen molar-refractivity contribution in [3.8, 4) is 36.4 Å². The van der Waals surface area contributed by atoms with E-state index in [1.54, 1.807) is 36.4 Å². The summed E-state index contributed by atoms with van der Waals surface area (Å²) in [5, 5.41) is 56.1. The van der Waals surface area contributed by atoms with Gasteiger partial charge in [-0.2, -0.15) is 60.6 Å². The Morgan fingerprint density at radius 2 is 0.492 bits per heavy atom. The molecule has 9 aromatic carbocycles. The number of nitrogens with zero attached hydrogens (tertiary/aromatic N) is 12. The van der Waals surface area contributed by atoms with Crippen molar-refractivity contribution in [2.24, 2.45) is 0 Å². The van der Waals surface area contributed by atoms with Crippen LogP contribution in [0.15, 0.2) is 189 Å². The predicted octanol–water partition coefficient (Wildman–Crippen LogP) is 16.0. The first-order valence-electron chi connectivity index (χ1n) is 33.9. The molecule has 0 unspecified atom stereocenters. The van der Waals surface area contributed by atoms with Gasteiger partial charge in [-0.25, -0.2) is 70.2 Å². The molecule has 6 aliphatic carbocycles. The van der Waals surface area contributed by atoms with E-state index in [1.807, 2.05) is 24.3 Å². The molecule has 0 saturated carbocycles. The molecule has 0 aromatic heterocycles. The maximum Gasteiger partial charge on any atom is 0.523 e. The zero-order valence-corrected chi connectivity index (χ0v) is 59.2. The molecule has 9 aromatic rings. The molecule has 12 nitrogen and oxygen atoms in total. The highest BCUT2D eigenvalue weighted by atomic mass is 19.2. The van der Waals surface area contributed by atoms with Crippen molar-refractivity contribution < 1.29 is 70.2 Å². The largest absolute Gasteiger partial charge is 0.523 e. The highest BCUT2D eigenvalue weighted by Crippen LogP contribution is 2.44. The van der Waals surface area contributed by atoms with Gasteiger partial charge in [-0.05, 0) is 155 Å². The van der Waals surface area contributed by atoms with Gasteiger partial charge >= 0.3 is 17.5 Å². The van der Waals surface area contributed by atoms with Crippen LogP contribution in [0.25, 0.3) is 62.5 Å². The molecule has 0 bridgehead atoms. The van der Waals surface area contributed by atoms with E-state index < -0.39 is 178 Å². The maximum atomic E-state index is 16.5. The van der Waals surface area contributed by atoms with Gasteiger partial charge in [-0.3, -0.25) is 0 Å². The van der Waals surface area contributed by atoms with Gasteiger partial charge in [0.2, 0.25) is 0 Å². The number of allylic oxidation sites excluding steroid dienone is 9. The Morgan fingerprint density at radius 3 is 0.788 bits per heavy atom. The molecule has 0 atom stereocenters. The number of fused-ring (bicyclic) bond motifs is 6. The number of hydrogen-bond donors (Lipinski definition) is 0. The third kappa shape index (κ3) is 13.1. The summed E-state index contributed by atoms with van der Waals surface area (Å²) >= 11 is 0. The van der Waals surface area contributed by atoms with Crippen LogP contribution in [-0.4, -0.2) is 0 Å². The zero-order valence-electron chi connectivity index (χ0n) is 59.2. The Balaban J connectivity index is 0.000000154. The first-order valence-corrected chi connectivity index (χ1v) is 33.9.